The van der Waals surface area contributed by atoms with Gasteiger partial charge in [-0.2, -0.15) is 0 Å². The van der Waals surface area contributed by atoms with Gasteiger partial charge in [0, 0.05) is 5.56 Å². The van der Waals surface area contributed by atoms with Crippen molar-refractivity contribution in [2.24, 2.45) is 0 Å². The fourth-order valence-electron chi connectivity index (χ4n) is 1.74. The van der Waals surface area contributed by atoms with Crippen molar-refractivity contribution in [2.45, 2.75) is 13.5 Å². The smallest absolute Gasteiger partial charge is 0.373 e. The maximum atomic E-state index is 11.3. The summed E-state index contributed by atoms with van der Waals surface area (Å²) < 4.78 is 15.6. The summed E-state index contributed by atoms with van der Waals surface area (Å²) in [7, 11) is 1.31. The van der Waals surface area contributed by atoms with E-state index in [0.29, 0.717) is 5.76 Å². The summed E-state index contributed by atoms with van der Waals surface area (Å²) in [4.78, 5) is 11.3. The summed E-state index contributed by atoms with van der Waals surface area (Å²) in [6, 6.07) is 11.0. The van der Waals surface area contributed by atoms with E-state index in [0.717, 1.165) is 11.3 Å². The van der Waals surface area contributed by atoms with Crippen LogP contribution in [0.1, 0.15) is 28.8 Å². The van der Waals surface area contributed by atoms with E-state index < -0.39 is 5.97 Å². The molecule has 1 heterocycles. The molecule has 0 saturated heterocycles. The number of esters is 1. The minimum absolute atomic E-state index is 0.174. The Hall–Kier alpha value is -2.49. The Bertz CT molecular complexity index is 610. The Balaban J connectivity index is 2.05. The number of hydrogen-bond acceptors (Lipinski definition) is 4. The van der Waals surface area contributed by atoms with E-state index in [-0.39, 0.29) is 12.4 Å². The van der Waals surface area contributed by atoms with Crippen molar-refractivity contribution < 1.29 is 18.7 Å². The number of rotatable bonds is 5. The van der Waals surface area contributed by atoms with Gasteiger partial charge in [0.2, 0.25) is 5.76 Å². The maximum Gasteiger partial charge on any atom is 0.373 e. The molecule has 0 saturated carbocycles. The molecule has 0 spiro atoms. The minimum Gasteiger partial charge on any atom is -0.485 e. The minimum atomic E-state index is -0.495. The number of hydrogen-bond donors (Lipinski definition) is 0. The second-order valence-corrected chi connectivity index (χ2v) is 4.08. The third kappa shape index (κ3) is 3.29. The van der Waals surface area contributed by atoms with Crippen LogP contribution >= 0.6 is 0 Å². The molecular weight excluding hydrogens is 256 g/mol. The topological polar surface area (TPSA) is 48.7 Å². The van der Waals surface area contributed by atoms with E-state index in [1.807, 2.05) is 43.3 Å². The quantitative estimate of drug-likeness (QED) is 0.779. The van der Waals surface area contributed by atoms with Gasteiger partial charge < -0.3 is 13.9 Å². The maximum absolute atomic E-state index is 11.3. The Kier molecular flexibility index (Phi) is 4.60. The summed E-state index contributed by atoms with van der Waals surface area (Å²) in [6.45, 7) is 2.21. The number of carbonyl (C=O) groups excluding carboxylic acids is 1. The number of ether oxygens (including phenoxy) is 2. The summed E-state index contributed by atoms with van der Waals surface area (Å²) in [6.07, 6.45) is 3.92. The van der Waals surface area contributed by atoms with Gasteiger partial charge in [-0.25, -0.2) is 4.79 Å². The lowest BCUT2D eigenvalue weighted by Gasteiger charge is -2.07. The van der Waals surface area contributed by atoms with Gasteiger partial charge in [-0.3, -0.25) is 0 Å². The van der Waals surface area contributed by atoms with Crippen molar-refractivity contribution in [1.29, 1.82) is 0 Å². The first kappa shape index (κ1) is 13.9. The van der Waals surface area contributed by atoms with Gasteiger partial charge in [0.1, 0.15) is 18.1 Å². The van der Waals surface area contributed by atoms with Crippen molar-refractivity contribution in [3.05, 3.63) is 59.6 Å². The van der Waals surface area contributed by atoms with Gasteiger partial charge in [-0.05, 0) is 25.1 Å². The molecule has 0 amide bonds. The van der Waals surface area contributed by atoms with Crippen molar-refractivity contribution in [3.63, 3.8) is 0 Å². The van der Waals surface area contributed by atoms with Crippen molar-refractivity contribution in [3.8, 4) is 5.75 Å². The third-order valence-corrected chi connectivity index (χ3v) is 2.68. The van der Waals surface area contributed by atoms with Gasteiger partial charge in [-0.15, -0.1) is 0 Å². The molecule has 104 valence electrons. The van der Waals surface area contributed by atoms with Crippen LogP contribution in [-0.2, 0) is 11.3 Å². The Morgan fingerprint density at radius 1 is 1.25 bits per heavy atom. The molecule has 2 aromatic rings. The molecule has 1 aromatic carbocycles. The number of allylic oxidation sites excluding steroid dienone is 1. The average Bonchev–Trinajstić information content (AvgIpc) is 2.95. The number of methoxy groups -OCH3 is 1. The van der Waals surface area contributed by atoms with Gasteiger partial charge in [0.25, 0.3) is 0 Å². The highest BCUT2D eigenvalue weighted by Gasteiger charge is 2.11. The zero-order valence-electron chi connectivity index (χ0n) is 11.5. The van der Waals surface area contributed by atoms with Crippen LogP contribution < -0.4 is 4.74 Å². The van der Waals surface area contributed by atoms with Crippen molar-refractivity contribution in [1.82, 2.24) is 0 Å². The summed E-state index contributed by atoms with van der Waals surface area (Å²) in [5.41, 5.74) is 0.995. The Morgan fingerprint density at radius 2 is 2.05 bits per heavy atom. The molecule has 4 nitrogen and oxygen atoms in total. The lowest BCUT2D eigenvalue weighted by atomic mass is 10.2. The van der Waals surface area contributed by atoms with Crippen molar-refractivity contribution in [2.75, 3.05) is 7.11 Å². The molecule has 0 radical (unpaired) electrons. The fourth-order valence-corrected chi connectivity index (χ4v) is 1.74. The normalized spacial score (nSPS) is 10.7. The zero-order valence-corrected chi connectivity index (χ0v) is 11.5. The van der Waals surface area contributed by atoms with E-state index in [2.05, 4.69) is 4.74 Å². The van der Waals surface area contributed by atoms with E-state index in [1.54, 1.807) is 12.1 Å². The Labute approximate surface area is 117 Å². The van der Waals surface area contributed by atoms with Crippen LogP contribution in [0.3, 0.4) is 0 Å². The second-order valence-electron chi connectivity index (χ2n) is 4.08. The van der Waals surface area contributed by atoms with Crippen LogP contribution in [-0.4, -0.2) is 13.1 Å². The highest BCUT2D eigenvalue weighted by atomic mass is 16.5. The van der Waals surface area contributed by atoms with Crippen LogP contribution in [0, 0.1) is 0 Å². The van der Waals surface area contributed by atoms with Gasteiger partial charge in [-0.1, -0.05) is 30.4 Å². The molecule has 2 rings (SSSR count). The SMILES string of the molecule is CC=Cc1ccccc1OCc1ccc(C(=O)OC)o1. The van der Waals surface area contributed by atoms with Crippen LogP contribution in [0.2, 0.25) is 0 Å². The second kappa shape index (κ2) is 6.61. The number of furan rings is 1. The number of benzene rings is 1. The highest BCUT2D eigenvalue weighted by Crippen LogP contribution is 2.21. The van der Waals surface area contributed by atoms with E-state index in [4.69, 9.17) is 9.15 Å². The molecule has 0 N–H and O–H groups in total. The van der Waals surface area contributed by atoms with Crippen LogP contribution in [0.25, 0.3) is 6.08 Å². The van der Waals surface area contributed by atoms with E-state index in [9.17, 15) is 4.79 Å². The molecule has 4 heteroatoms. The summed E-state index contributed by atoms with van der Waals surface area (Å²) in [5.74, 6) is 1.01. The summed E-state index contributed by atoms with van der Waals surface area (Å²) >= 11 is 0. The van der Waals surface area contributed by atoms with Crippen LogP contribution in [0.15, 0.2) is 46.9 Å². The number of carbonyl (C=O) groups is 1. The fraction of sp³-hybridized carbons (Fsp3) is 0.188. The first-order valence-electron chi connectivity index (χ1n) is 6.26. The van der Waals surface area contributed by atoms with Crippen molar-refractivity contribution >= 4 is 12.0 Å². The molecular formula is C16H16O4. The van der Waals surface area contributed by atoms with Crippen LogP contribution in [0.4, 0.5) is 0 Å². The average molecular weight is 272 g/mol. The first-order chi connectivity index (χ1) is 9.74. The third-order valence-electron chi connectivity index (χ3n) is 2.68. The summed E-state index contributed by atoms with van der Waals surface area (Å²) in [5, 5.41) is 0. The van der Waals surface area contributed by atoms with Gasteiger partial charge in [0.05, 0.1) is 7.11 Å². The lowest BCUT2D eigenvalue weighted by molar-refractivity contribution is 0.0561. The zero-order chi connectivity index (χ0) is 14.4. The van der Waals surface area contributed by atoms with E-state index in [1.165, 1.54) is 7.11 Å². The first-order valence-corrected chi connectivity index (χ1v) is 6.26. The van der Waals surface area contributed by atoms with Crippen LogP contribution in [0.5, 0.6) is 5.75 Å². The standard InChI is InChI=1S/C16H16O4/c1-3-6-12-7-4-5-8-14(12)19-11-13-9-10-15(20-13)16(17)18-2/h3-10H,11H2,1-2H3. The van der Waals surface area contributed by atoms with E-state index >= 15 is 0 Å². The molecule has 0 fully saturated rings. The predicted octanol–water partition coefficient (Wildman–Crippen LogP) is 3.68. The Morgan fingerprint density at radius 3 is 2.80 bits per heavy atom. The molecule has 1 aromatic heterocycles. The molecule has 20 heavy (non-hydrogen) atoms. The molecule has 0 aliphatic carbocycles. The molecule has 0 unspecified atom stereocenters. The van der Waals surface area contributed by atoms with Gasteiger partial charge in [0.15, 0.2) is 0 Å². The molecule has 0 aliphatic rings. The predicted molar refractivity (Wildman–Crippen MR) is 75.5 cm³/mol. The molecule has 0 bridgehead atoms. The lowest BCUT2D eigenvalue weighted by Crippen LogP contribution is -1.99. The number of para-hydroxylation sites is 1. The molecule has 0 atom stereocenters. The van der Waals surface area contributed by atoms with Gasteiger partial charge >= 0.3 is 5.97 Å². The highest BCUT2D eigenvalue weighted by molar-refractivity contribution is 5.86. The monoisotopic (exact) mass is 272 g/mol. The largest absolute Gasteiger partial charge is 0.485 e. The molecule has 0 aliphatic heterocycles.